The van der Waals surface area contributed by atoms with E-state index in [0.29, 0.717) is 0 Å². The Morgan fingerprint density at radius 2 is 2.14 bits per heavy atom. The standard InChI is InChI=1S/C18H16N2O/c1-21-18-11-6-10-17-16(18)13-15(20-17)9-3-2-7-14-8-4-5-12-19-14/h4-6,8,10-13,20H,3,9H2,1H3. The lowest BCUT2D eigenvalue weighted by atomic mass is 10.2. The SMILES string of the molecule is COc1cccc2[nH]c(CCC#Cc3ccccn3)cc12. The number of fused-ring (bicyclic) bond motifs is 1. The number of aryl methyl sites for hydroxylation is 1. The Kier molecular flexibility index (Phi) is 3.88. The number of benzene rings is 1. The maximum atomic E-state index is 5.37. The molecule has 104 valence electrons. The number of hydrogen-bond donors (Lipinski definition) is 1. The third-order valence-electron chi connectivity index (χ3n) is 3.30. The van der Waals surface area contributed by atoms with Crippen LogP contribution >= 0.6 is 0 Å². The Bertz CT molecular complexity index is 794. The third-order valence-corrected chi connectivity index (χ3v) is 3.30. The van der Waals surface area contributed by atoms with Gasteiger partial charge in [-0.15, -0.1) is 0 Å². The van der Waals surface area contributed by atoms with Gasteiger partial charge in [0.15, 0.2) is 0 Å². The maximum Gasteiger partial charge on any atom is 0.128 e. The molecule has 21 heavy (non-hydrogen) atoms. The van der Waals surface area contributed by atoms with Gasteiger partial charge in [0.2, 0.25) is 0 Å². The number of nitrogens with zero attached hydrogens (tertiary/aromatic N) is 1. The summed E-state index contributed by atoms with van der Waals surface area (Å²) < 4.78 is 5.37. The van der Waals surface area contributed by atoms with Crippen molar-refractivity contribution in [2.75, 3.05) is 7.11 Å². The number of H-pyrrole nitrogens is 1. The summed E-state index contributed by atoms with van der Waals surface area (Å²) in [6.45, 7) is 0. The van der Waals surface area contributed by atoms with Gasteiger partial charge >= 0.3 is 0 Å². The molecule has 0 atom stereocenters. The molecule has 0 aliphatic rings. The fourth-order valence-electron chi connectivity index (χ4n) is 2.28. The van der Waals surface area contributed by atoms with Crippen LogP contribution in [0.4, 0.5) is 0 Å². The van der Waals surface area contributed by atoms with E-state index in [1.165, 1.54) is 5.69 Å². The van der Waals surface area contributed by atoms with E-state index in [0.717, 1.165) is 35.2 Å². The number of hydrogen-bond acceptors (Lipinski definition) is 2. The summed E-state index contributed by atoms with van der Waals surface area (Å²) in [6, 6.07) is 13.9. The molecule has 0 fully saturated rings. The first-order valence-electron chi connectivity index (χ1n) is 6.91. The van der Waals surface area contributed by atoms with Gasteiger partial charge in [-0.05, 0) is 42.7 Å². The predicted molar refractivity (Wildman–Crippen MR) is 84.3 cm³/mol. The molecule has 2 aromatic heterocycles. The van der Waals surface area contributed by atoms with Crippen LogP contribution in [0.1, 0.15) is 17.8 Å². The van der Waals surface area contributed by atoms with Crippen LogP contribution in [0.2, 0.25) is 0 Å². The summed E-state index contributed by atoms with van der Waals surface area (Å²) in [7, 11) is 1.69. The molecule has 3 aromatic rings. The number of aromatic amines is 1. The molecule has 0 aliphatic heterocycles. The van der Waals surface area contributed by atoms with Crippen LogP contribution in [0.3, 0.4) is 0 Å². The molecule has 3 rings (SSSR count). The second-order valence-electron chi connectivity index (χ2n) is 4.73. The highest BCUT2D eigenvalue weighted by molar-refractivity contribution is 5.86. The average Bonchev–Trinajstić information content (AvgIpc) is 2.95. The molecule has 0 spiro atoms. The molecule has 0 bridgehead atoms. The van der Waals surface area contributed by atoms with Gasteiger partial charge in [-0.25, -0.2) is 4.98 Å². The molecule has 1 N–H and O–H groups in total. The smallest absolute Gasteiger partial charge is 0.128 e. The van der Waals surface area contributed by atoms with Crippen molar-refractivity contribution in [3.8, 4) is 17.6 Å². The quantitative estimate of drug-likeness (QED) is 0.743. The minimum Gasteiger partial charge on any atom is -0.496 e. The fourth-order valence-corrected chi connectivity index (χ4v) is 2.28. The van der Waals surface area contributed by atoms with Crippen molar-refractivity contribution in [3.05, 3.63) is 60.0 Å². The number of rotatable bonds is 3. The van der Waals surface area contributed by atoms with E-state index < -0.39 is 0 Å². The molecular weight excluding hydrogens is 260 g/mol. The zero-order valence-electron chi connectivity index (χ0n) is 11.9. The molecule has 0 saturated heterocycles. The first kappa shape index (κ1) is 13.3. The van der Waals surface area contributed by atoms with Crippen LogP contribution in [0.5, 0.6) is 5.75 Å². The molecule has 0 unspecified atom stereocenters. The average molecular weight is 276 g/mol. The number of nitrogens with one attached hydrogen (secondary N) is 1. The molecule has 0 amide bonds. The number of methoxy groups -OCH3 is 1. The van der Waals surface area contributed by atoms with Crippen LogP contribution in [-0.2, 0) is 6.42 Å². The normalized spacial score (nSPS) is 10.1. The van der Waals surface area contributed by atoms with Crippen molar-refractivity contribution >= 4 is 10.9 Å². The van der Waals surface area contributed by atoms with E-state index in [4.69, 9.17) is 4.74 Å². The first-order valence-corrected chi connectivity index (χ1v) is 6.91. The van der Waals surface area contributed by atoms with E-state index in [1.807, 2.05) is 30.3 Å². The van der Waals surface area contributed by atoms with Crippen molar-refractivity contribution in [2.45, 2.75) is 12.8 Å². The van der Waals surface area contributed by atoms with Crippen molar-refractivity contribution in [2.24, 2.45) is 0 Å². The van der Waals surface area contributed by atoms with E-state index >= 15 is 0 Å². The zero-order valence-corrected chi connectivity index (χ0v) is 11.9. The monoisotopic (exact) mass is 276 g/mol. The van der Waals surface area contributed by atoms with E-state index in [1.54, 1.807) is 13.3 Å². The third kappa shape index (κ3) is 3.06. The van der Waals surface area contributed by atoms with Gasteiger partial charge in [0.25, 0.3) is 0 Å². The van der Waals surface area contributed by atoms with Crippen LogP contribution in [0, 0.1) is 11.8 Å². The molecule has 3 nitrogen and oxygen atoms in total. The first-order chi connectivity index (χ1) is 10.4. The lowest BCUT2D eigenvalue weighted by Crippen LogP contribution is -1.83. The Morgan fingerprint density at radius 1 is 1.19 bits per heavy atom. The van der Waals surface area contributed by atoms with Crippen LogP contribution in [-0.4, -0.2) is 17.1 Å². The molecule has 0 radical (unpaired) electrons. The molecule has 2 heterocycles. The molecule has 0 aliphatic carbocycles. The van der Waals surface area contributed by atoms with Crippen LogP contribution < -0.4 is 4.74 Å². The highest BCUT2D eigenvalue weighted by Gasteiger charge is 2.04. The minimum atomic E-state index is 0.797. The van der Waals surface area contributed by atoms with E-state index in [-0.39, 0.29) is 0 Å². The summed E-state index contributed by atoms with van der Waals surface area (Å²) >= 11 is 0. The zero-order chi connectivity index (χ0) is 14.5. The summed E-state index contributed by atoms with van der Waals surface area (Å²) in [5.74, 6) is 7.13. The number of ether oxygens (including phenoxy) is 1. The lowest BCUT2D eigenvalue weighted by Gasteiger charge is -1.99. The molecule has 1 aromatic carbocycles. The van der Waals surface area contributed by atoms with Gasteiger partial charge < -0.3 is 9.72 Å². The van der Waals surface area contributed by atoms with Crippen molar-refractivity contribution in [1.29, 1.82) is 0 Å². The highest BCUT2D eigenvalue weighted by atomic mass is 16.5. The summed E-state index contributed by atoms with van der Waals surface area (Å²) in [5, 5.41) is 1.12. The second-order valence-corrected chi connectivity index (χ2v) is 4.73. The molecule has 0 saturated carbocycles. The van der Waals surface area contributed by atoms with Gasteiger partial charge in [-0.2, -0.15) is 0 Å². The largest absolute Gasteiger partial charge is 0.496 e. The minimum absolute atomic E-state index is 0.797. The summed E-state index contributed by atoms with van der Waals surface area (Å²) in [4.78, 5) is 7.59. The number of pyridine rings is 1. The second kappa shape index (κ2) is 6.15. The summed E-state index contributed by atoms with van der Waals surface area (Å²) in [5.41, 5.74) is 3.09. The Balaban J connectivity index is 1.70. The highest BCUT2D eigenvalue weighted by Crippen LogP contribution is 2.26. The van der Waals surface area contributed by atoms with Gasteiger partial charge in [-0.3, -0.25) is 0 Å². The lowest BCUT2D eigenvalue weighted by molar-refractivity contribution is 0.420. The van der Waals surface area contributed by atoms with E-state index in [2.05, 4.69) is 33.9 Å². The summed E-state index contributed by atoms with van der Waals surface area (Å²) in [6.07, 6.45) is 3.44. The van der Waals surface area contributed by atoms with Gasteiger partial charge in [0.05, 0.1) is 7.11 Å². The van der Waals surface area contributed by atoms with Crippen LogP contribution in [0.15, 0.2) is 48.7 Å². The topological polar surface area (TPSA) is 37.9 Å². The van der Waals surface area contributed by atoms with Gasteiger partial charge in [0, 0.05) is 29.2 Å². The Morgan fingerprint density at radius 3 is 2.95 bits per heavy atom. The predicted octanol–water partition coefficient (Wildman–Crippen LogP) is 3.56. The Hall–Kier alpha value is -2.73. The van der Waals surface area contributed by atoms with Gasteiger partial charge in [0.1, 0.15) is 11.4 Å². The maximum absolute atomic E-state index is 5.37. The fraction of sp³-hybridized carbons (Fsp3) is 0.167. The Labute approximate surface area is 124 Å². The number of aromatic nitrogens is 2. The van der Waals surface area contributed by atoms with Crippen LogP contribution in [0.25, 0.3) is 10.9 Å². The molecule has 3 heteroatoms. The van der Waals surface area contributed by atoms with Crippen molar-refractivity contribution in [1.82, 2.24) is 9.97 Å². The van der Waals surface area contributed by atoms with Crippen molar-refractivity contribution in [3.63, 3.8) is 0 Å². The van der Waals surface area contributed by atoms with E-state index in [9.17, 15) is 0 Å². The van der Waals surface area contributed by atoms with Gasteiger partial charge in [-0.1, -0.05) is 18.1 Å². The van der Waals surface area contributed by atoms with Crippen molar-refractivity contribution < 1.29 is 4.74 Å². The molecular formula is C18H16N2O.